The molecule has 0 aliphatic rings. The third kappa shape index (κ3) is 4.71. The first kappa shape index (κ1) is 18.2. The fourth-order valence-electron chi connectivity index (χ4n) is 2.60. The summed E-state index contributed by atoms with van der Waals surface area (Å²) in [4.78, 5) is 11.4. The Balaban J connectivity index is 1.77. The lowest BCUT2D eigenvalue weighted by molar-refractivity contribution is 0.0600. The first-order valence-electron chi connectivity index (χ1n) is 8.39. The molecular weight excluding hydrogens is 339 g/mol. The summed E-state index contributed by atoms with van der Waals surface area (Å²) in [7, 11) is 1.35. The normalized spacial score (nSPS) is 10.3. The first-order valence-corrected chi connectivity index (χ1v) is 8.39. The van der Waals surface area contributed by atoms with Crippen LogP contribution in [0.15, 0.2) is 78.9 Å². The predicted octanol–water partition coefficient (Wildman–Crippen LogP) is 5.34. The molecule has 0 saturated heterocycles. The molecule has 3 rings (SSSR count). The summed E-state index contributed by atoms with van der Waals surface area (Å²) >= 11 is 0. The summed E-state index contributed by atoms with van der Waals surface area (Å²) in [5.41, 5.74) is 4.26. The van der Waals surface area contributed by atoms with Crippen LogP contribution in [0.1, 0.15) is 21.5 Å². The van der Waals surface area contributed by atoms with Gasteiger partial charge < -0.3 is 4.74 Å². The number of hydrogen-bond acceptors (Lipinski definition) is 2. The summed E-state index contributed by atoms with van der Waals surface area (Å²) in [6, 6.07) is 21.2. The largest absolute Gasteiger partial charge is 0.465 e. The summed E-state index contributed by atoms with van der Waals surface area (Å²) in [5, 5.41) is 0. The Bertz CT molecular complexity index is 1020. The molecule has 27 heavy (non-hydrogen) atoms. The van der Waals surface area contributed by atoms with Crippen LogP contribution in [0.25, 0.3) is 17.2 Å². The van der Waals surface area contributed by atoms with E-state index in [0.29, 0.717) is 5.56 Å². The molecule has 132 valence electrons. The van der Waals surface area contributed by atoms with Crippen LogP contribution in [0.4, 0.5) is 4.39 Å². The van der Waals surface area contributed by atoms with E-state index < -0.39 is 0 Å². The molecule has 0 fully saturated rings. The van der Waals surface area contributed by atoms with E-state index in [-0.39, 0.29) is 11.8 Å². The number of allylic oxidation sites excluding steroid dienone is 1. The van der Waals surface area contributed by atoms with Gasteiger partial charge in [0.2, 0.25) is 0 Å². The standard InChI is InChI=1S/C24H17FO2/c1-27-24(26)21-12-10-18(11-13-21)6-2-3-7-19-8-4-5-9-23(19)20-14-16-22(25)17-15-20/h3-5,7-17H,1H3. The minimum Gasteiger partial charge on any atom is -0.465 e. The van der Waals surface area contributed by atoms with Crippen LogP contribution in [0.2, 0.25) is 0 Å². The number of rotatable bonds is 3. The Morgan fingerprint density at radius 1 is 0.963 bits per heavy atom. The summed E-state index contributed by atoms with van der Waals surface area (Å²) < 4.78 is 17.8. The maximum atomic E-state index is 13.1. The SMILES string of the molecule is COC(=O)c1ccc(C#CC=Cc2ccccc2-c2ccc(F)cc2)cc1. The maximum absolute atomic E-state index is 13.1. The highest BCUT2D eigenvalue weighted by Crippen LogP contribution is 2.24. The molecule has 2 nitrogen and oxygen atoms in total. The van der Waals surface area contributed by atoms with Gasteiger partial charge in [0, 0.05) is 5.56 Å². The van der Waals surface area contributed by atoms with Crippen LogP contribution < -0.4 is 0 Å². The van der Waals surface area contributed by atoms with Crippen LogP contribution in [-0.2, 0) is 4.74 Å². The molecule has 0 heterocycles. The second kappa shape index (κ2) is 8.64. The molecule has 0 aromatic heterocycles. The van der Waals surface area contributed by atoms with Crippen molar-refractivity contribution in [2.45, 2.75) is 0 Å². The van der Waals surface area contributed by atoms with E-state index in [2.05, 4.69) is 16.6 Å². The van der Waals surface area contributed by atoms with Crippen molar-refractivity contribution in [3.8, 4) is 23.0 Å². The van der Waals surface area contributed by atoms with Crippen molar-refractivity contribution >= 4 is 12.0 Å². The molecule has 3 heteroatoms. The molecule has 0 unspecified atom stereocenters. The molecular formula is C24H17FO2. The quantitative estimate of drug-likeness (QED) is 0.467. The van der Waals surface area contributed by atoms with Crippen LogP contribution >= 0.6 is 0 Å². The molecule has 3 aromatic carbocycles. The fourth-order valence-corrected chi connectivity index (χ4v) is 2.60. The number of halogens is 1. The van der Waals surface area contributed by atoms with Gasteiger partial charge in [-0.05, 0) is 65.2 Å². The zero-order chi connectivity index (χ0) is 19.1. The van der Waals surface area contributed by atoms with Crippen LogP contribution in [0.3, 0.4) is 0 Å². The lowest BCUT2D eigenvalue weighted by Crippen LogP contribution is -2.00. The van der Waals surface area contributed by atoms with E-state index in [4.69, 9.17) is 0 Å². The highest BCUT2D eigenvalue weighted by Gasteiger charge is 2.03. The van der Waals surface area contributed by atoms with E-state index in [1.807, 2.05) is 30.3 Å². The molecule has 0 amide bonds. The van der Waals surface area contributed by atoms with Crippen LogP contribution in [0.5, 0.6) is 0 Å². The van der Waals surface area contributed by atoms with Gasteiger partial charge in [0.25, 0.3) is 0 Å². The average molecular weight is 356 g/mol. The topological polar surface area (TPSA) is 26.3 Å². The number of ether oxygens (including phenoxy) is 1. The second-order valence-corrected chi connectivity index (χ2v) is 5.77. The minimum atomic E-state index is -0.369. The third-order valence-corrected chi connectivity index (χ3v) is 3.98. The summed E-state index contributed by atoms with van der Waals surface area (Å²) in [6.45, 7) is 0. The zero-order valence-corrected chi connectivity index (χ0v) is 14.8. The number of esters is 1. The molecule has 0 saturated carbocycles. The van der Waals surface area contributed by atoms with Crippen molar-refractivity contribution in [2.24, 2.45) is 0 Å². The minimum absolute atomic E-state index is 0.254. The van der Waals surface area contributed by atoms with E-state index in [0.717, 1.165) is 22.3 Å². The number of carbonyl (C=O) groups excluding carboxylic acids is 1. The Morgan fingerprint density at radius 3 is 2.37 bits per heavy atom. The fraction of sp³-hybridized carbons (Fsp3) is 0.0417. The third-order valence-electron chi connectivity index (χ3n) is 3.98. The zero-order valence-electron chi connectivity index (χ0n) is 14.8. The smallest absolute Gasteiger partial charge is 0.337 e. The summed E-state index contributed by atoms with van der Waals surface area (Å²) in [6.07, 6.45) is 3.70. The van der Waals surface area contributed by atoms with Crippen molar-refractivity contribution in [1.82, 2.24) is 0 Å². The van der Waals surface area contributed by atoms with E-state index in [9.17, 15) is 9.18 Å². The number of methoxy groups -OCH3 is 1. The van der Waals surface area contributed by atoms with Gasteiger partial charge in [-0.15, -0.1) is 0 Å². The highest BCUT2D eigenvalue weighted by molar-refractivity contribution is 5.89. The Labute approximate surface area is 157 Å². The average Bonchev–Trinajstić information content (AvgIpc) is 2.72. The van der Waals surface area contributed by atoms with Gasteiger partial charge in [-0.25, -0.2) is 9.18 Å². The van der Waals surface area contributed by atoms with Gasteiger partial charge in [0.1, 0.15) is 5.82 Å². The van der Waals surface area contributed by atoms with Crippen molar-refractivity contribution in [2.75, 3.05) is 7.11 Å². The van der Waals surface area contributed by atoms with E-state index >= 15 is 0 Å². The van der Waals surface area contributed by atoms with Crippen molar-refractivity contribution in [3.63, 3.8) is 0 Å². The lowest BCUT2D eigenvalue weighted by atomic mass is 9.99. The highest BCUT2D eigenvalue weighted by atomic mass is 19.1. The molecule has 0 spiro atoms. The number of carbonyl (C=O) groups is 1. The van der Waals surface area contributed by atoms with Crippen LogP contribution in [0, 0.1) is 17.7 Å². The van der Waals surface area contributed by atoms with E-state index in [1.54, 1.807) is 42.5 Å². The molecule has 0 atom stereocenters. The van der Waals surface area contributed by atoms with Crippen LogP contribution in [-0.4, -0.2) is 13.1 Å². The molecule has 0 bridgehead atoms. The monoisotopic (exact) mass is 356 g/mol. The molecule has 0 radical (unpaired) electrons. The molecule has 0 aliphatic carbocycles. The van der Waals surface area contributed by atoms with Crippen molar-refractivity contribution < 1.29 is 13.9 Å². The predicted molar refractivity (Wildman–Crippen MR) is 106 cm³/mol. The molecule has 0 N–H and O–H groups in total. The van der Waals surface area contributed by atoms with Gasteiger partial charge >= 0.3 is 5.97 Å². The summed E-state index contributed by atoms with van der Waals surface area (Å²) in [5.74, 6) is 5.40. The Morgan fingerprint density at radius 2 is 1.67 bits per heavy atom. The molecule has 0 aliphatic heterocycles. The van der Waals surface area contributed by atoms with Gasteiger partial charge in [0.05, 0.1) is 12.7 Å². The number of hydrogen-bond donors (Lipinski definition) is 0. The van der Waals surface area contributed by atoms with Crippen molar-refractivity contribution in [3.05, 3.63) is 101 Å². The lowest BCUT2D eigenvalue weighted by Gasteiger charge is -2.05. The van der Waals surface area contributed by atoms with E-state index in [1.165, 1.54) is 19.2 Å². The van der Waals surface area contributed by atoms with Gasteiger partial charge in [0.15, 0.2) is 0 Å². The second-order valence-electron chi connectivity index (χ2n) is 5.77. The van der Waals surface area contributed by atoms with Gasteiger partial charge in [-0.3, -0.25) is 0 Å². The Kier molecular flexibility index (Phi) is 5.81. The molecule has 3 aromatic rings. The van der Waals surface area contributed by atoms with Gasteiger partial charge in [-0.1, -0.05) is 48.2 Å². The Hall–Kier alpha value is -3.64. The van der Waals surface area contributed by atoms with Crippen molar-refractivity contribution in [1.29, 1.82) is 0 Å². The maximum Gasteiger partial charge on any atom is 0.337 e. The number of benzene rings is 3. The first-order chi connectivity index (χ1) is 13.2. The van der Waals surface area contributed by atoms with Gasteiger partial charge in [-0.2, -0.15) is 0 Å².